The number of nitro groups is 1. The number of carbonyl (C=O) groups is 2. The average Bonchev–Trinajstić information content (AvgIpc) is 3.43. The van der Waals surface area contributed by atoms with Crippen molar-refractivity contribution in [1.82, 2.24) is 20.8 Å². The van der Waals surface area contributed by atoms with Gasteiger partial charge in [-0.05, 0) is 31.7 Å². The maximum Gasteiger partial charge on any atom is 0.270 e. The molecule has 1 aromatic heterocycles. The largest absolute Gasteiger partial charge is 0.342 e. The van der Waals surface area contributed by atoms with Gasteiger partial charge < -0.3 is 15.2 Å². The van der Waals surface area contributed by atoms with E-state index in [1.165, 1.54) is 25.1 Å². The predicted molar refractivity (Wildman–Crippen MR) is 102 cm³/mol. The second-order valence-corrected chi connectivity index (χ2v) is 7.50. The summed E-state index contributed by atoms with van der Waals surface area (Å²) in [6.07, 6.45) is 2.08. The molecule has 10 nitrogen and oxygen atoms in total. The highest BCUT2D eigenvalue weighted by Crippen LogP contribution is 2.38. The molecule has 2 atom stereocenters. The molecule has 1 heterocycles. The number of nitro benzene ring substituents is 1. The quantitative estimate of drug-likeness (QED) is 0.511. The number of nitrogens with one attached hydrogen (secondary N) is 2. The minimum Gasteiger partial charge on any atom is -0.342 e. The number of non-ortho nitro benzene ring substituents is 1. The highest BCUT2D eigenvalue weighted by atomic mass is 16.6. The van der Waals surface area contributed by atoms with E-state index in [0.717, 1.165) is 18.9 Å². The molecule has 3 rings (SSSR count). The molecule has 2 unspecified atom stereocenters. The van der Waals surface area contributed by atoms with Gasteiger partial charge in [0.15, 0.2) is 5.82 Å². The molecule has 0 bridgehead atoms. The Morgan fingerprint density at radius 3 is 2.59 bits per heavy atom. The van der Waals surface area contributed by atoms with Crippen molar-refractivity contribution in [3.05, 3.63) is 51.7 Å². The van der Waals surface area contributed by atoms with Gasteiger partial charge >= 0.3 is 0 Å². The second kappa shape index (κ2) is 8.38. The molecule has 0 spiro atoms. The number of nitrogens with zero attached hydrogens (tertiary/aromatic N) is 3. The first kappa shape index (κ1) is 20.4. The third-order valence-corrected chi connectivity index (χ3v) is 4.69. The molecule has 0 saturated heterocycles. The minimum absolute atomic E-state index is 0.00822. The molecule has 10 heteroatoms. The fourth-order valence-electron chi connectivity index (χ4n) is 2.78. The van der Waals surface area contributed by atoms with Crippen LogP contribution in [0.2, 0.25) is 0 Å². The van der Waals surface area contributed by atoms with Gasteiger partial charge in [-0.25, -0.2) is 0 Å². The summed E-state index contributed by atoms with van der Waals surface area (Å²) in [6, 6.07) is 3.96. The molecular weight excluding hydrogens is 378 g/mol. The Morgan fingerprint density at radius 1 is 1.24 bits per heavy atom. The van der Waals surface area contributed by atoms with E-state index in [2.05, 4.69) is 20.8 Å². The van der Waals surface area contributed by atoms with E-state index in [4.69, 9.17) is 4.52 Å². The number of rotatable bonds is 8. The molecule has 1 aliphatic rings. The lowest BCUT2D eigenvalue weighted by Gasteiger charge is -2.21. The molecule has 1 aromatic carbocycles. The Kier molecular flexibility index (Phi) is 5.90. The molecule has 1 saturated carbocycles. The SMILES string of the molecule is CC(NC(=O)c1cccc([N+](=O)[O-])c1)C(=O)NC(c1nc(C2CC2)no1)C(C)C. The van der Waals surface area contributed by atoms with Gasteiger partial charge in [0.2, 0.25) is 11.8 Å². The summed E-state index contributed by atoms with van der Waals surface area (Å²) in [4.78, 5) is 39.6. The van der Waals surface area contributed by atoms with E-state index in [1.54, 1.807) is 0 Å². The highest BCUT2D eigenvalue weighted by molar-refractivity contribution is 5.97. The Hall–Kier alpha value is -3.30. The molecule has 2 amide bonds. The number of carbonyl (C=O) groups excluding carboxylic acids is 2. The van der Waals surface area contributed by atoms with Crippen molar-refractivity contribution in [3.8, 4) is 0 Å². The lowest BCUT2D eigenvalue weighted by atomic mass is 10.0. The first-order valence-electron chi connectivity index (χ1n) is 9.45. The zero-order valence-electron chi connectivity index (χ0n) is 16.4. The Balaban J connectivity index is 1.64. The first-order chi connectivity index (χ1) is 13.8. The third kappa shape index (κ3) is 4.95. The maximum atomic E-state index is 12.6. The normalized spacial score (nSPS) is 15.6. The summed E-state index contributed by atoms with van der Waals surface area (Å²) in [5.74, 6) is 0.328. The van der Waals surface area contributed by atoms with Crippen LogP contribution in [-0.2, 0) is 4.79 Å². The zero-order valence-corrected chi connectivity index (χ0v) is 16.4. The molecule has 1 fully saturated rings. The van der Waals surface area contributed by atoms with Gasteiger partial charge in [0.05, 0.1) is 4.92 Å². The Morgan fingerprint density at radius 2 is 1.97 bits per heavy atom. The van der Waals surface area contributed by atoms with Gasteiger partial charge in [0, 0.05) is 23.6 Å². The summed E-state index contributed by atoms with van der Waals surface area (Å²) in [5.41, 5.74) is -0.0947. The van der Waals surface area contributed by atoms with E-state index in [-0.39, 0.29) is 17.2 Å². The highest BCUT2D eigenvalue weighted by Gasteiger charge is 2.32. The van der Waals surface area contributed by atoms with Gasteiger partial charge in [0.25, 0.3) is 11.6 Å². The Bertz CT molecular complexity index is 921. The lowest BCUT2D eigenvalue weighted by molar-refractivity contribution is -0.384. The fourth-order valence-corrected chi connectivity index (χ4v) is 2.78. The van der Waals surface area contributed by atoms with E-state index >= 15 is 0 Å². The van der Waals surface area contributed by atoms with Crippen molar-refractivity contribution < 1.29 is 19.0 Å². The number of amides is 2. The molecule has 154 valence electrons. The molecular formula is C19H23N5O5. The summed E-state index contributed by atoms with van der Waals surface area (Å²) < 4.78 is 5.33. The van der Waals surface area contributed by atoms with Crippen molar-refractivity contribution in [3.63, 3.8) is 0 Å². The van der Waals surface area contributed by atoms with Crippen LogP contribution < -0.4 is 10.6 Å². The standard InChI is InChI=1S/C19H23N5O5/c1-10(2)15(19-22-16(23-29-19)12-7-8-12)21-17(25)11(3)20-18(26)13-5-4-6-14(9-13)24(27)28/h4-6,9-12,15H,7-8H2,1-3H3,(H,20,26)(H,21,25). The van der Waals surface area contributed by atoms with Crippen molar-refractivity contribution in [2.75, 3.05) is 0 Å². The fraction of sp³-hybridized carbons (Fsp3) is 0.474. The van der Waals surface area contributed by atoms with E-state index in [1.807, 2.05) is 13.8 Å². The van der Waals surface area contributed by atoms with Crippen LogP contribution in [0.3, 0.4) is 0 Å². The van der Waals surface area contributed by atoms with Crippen molar-refractivity contribution in [2.24, 2.45) is 5.92 Å². The van der Waals surface area contributed by atoms with Gasteiger partial charge in [0.1, 0.15) is 12.1 Å². The topological polar surface area (TPSA) is 140 Å². The molecule has 29 heavy (non-hydrogen) atoms. The van der Waals surface area contributed by atoms with Crippen LogP contribution >= 0.6 is 0 Å². The second-order valence-electron chi connectivity index (χ2n) is 7.50. The van der Waals surface area contributed by atoms with Gasteiger partial charge in [-0.3, -0.25) is 19.7 Å². The Labute approximate surface area is 167 Å². The predicted octanol–water partition coefficient (Wildman–Crippen LogP) is 2.49. The third-order valence-electron chi connectivity index (χ3n) is 4.69. The average molecular weight is 401 g/mol. The molecule has 2 aromatic rings. The zero-order chi connectivity index (χ0) is 21.1. The molecule has 2 N–H and O–H groups in total. The number of aromatic nitrogens is 2. The van der Waals surface area contributed by atoms with Crippen LogP contribution in [0.25, 0.3) is 0 Å². The molecule has 0 aliphatic heterocycles. The van der Waals surface area contributed by atoms with Gasteiger partial charge in [-0.15, -0.1) is 0 Å². The lowest BCUT2D eigenvalue weighted by Crippen LogP contribution is -2.46. The maximum absolute atomic E-state index is 12.6. The van der Waals surface area contributed by atoms with Crippen LogP contribution in [0.15, 0.2) is 28.8 Å². The van der Waals surface area contributed by atoms with Crippen LogP contribution in [0.4, 0.5) is 5.69 Å². The van der Waals surface area contributed by atoms with Crippen molar-refractivity contribution in [1.29, 1.82) is 0 Å². The van der Waals surface area contributed by atoms with Crippen molar-refractivity contribution >= 4 is 17.5 Å². The summed E-state index contributed by atoms with van der Waals surface area (Å²) in [7, 11) is 0. The van der Waals surface area contributed by atoms with Gasteiger partial charge in [-0.1, -0.05) is 25.1 Å². The molecule has 0 radical (unpaired) electrons. The minimum atomic E-state index is -0.867. The van der Waals surface area contributed by atoms with E-state index in [9.17, 15) is 19.7 Å². The smallest absolute Gasteiger partial charge is 0.270 e. The van der Waals surface area contributed by atoms with Crippen molar-refractivity contribution in [2.45, 2.75) is 51.6 Å². The monoisotopic (exact) mass is 401 g/mol. The van der Waals surface area contributed by atoms with Gasteiger partial charge in [-0.2, -0.15) is 4.98 Å². The number of hydrogen-bond donors (Lipinski definition) is 2. The van der Waals surface area contributed by atoms with Crippen LogP contribution in [0.5, 0.6) is 0 Å². The van der Waals surface area contributed by atoms with E-state index < -0.39 is 28.8 Å². The number of hydrogen-bond acceptors (Lipinski definition) is 7. The van der Waals surface area contributed by atoms with E-state index in [0.29, 0.717) is 17.6 Å². The number of benzene rings is 1. The van der Waals surface area contributed by atoms with Crippen LogP contribution in [0.1, 0.15) is 67.6 Å². The summed E-state index contributed by atoms with van der Waals surface area (Å²) >= 11 is 0. The summed E-state index contributed by atoms with van der Waals surface area (Å²) in [6.45, 7) is 5.36. The summed E-state index contributed by atoms with van der Waals surface area (Å²) in [5, 5.41) is 20.2. The first-order valence-corrected chi connectivity index (χ1v) is 9.45. The van der Waals surface area contributed by atoms with Crippen LogP contribution in [-0.4, -0.2) is 32.9 Å². The van der Waals surface area contributed by atoms with Crippen LogP contribution in [0, 0.1) is 16.0 Å². The molecule has 1 aliphatic carbocycles.